The van der Waals surface area contributed by atoms with Gasteiger partial charge < -0.3 is 9.80 Å². The van der Waals surface area contributed by atoms with Crippen LogP contribution in [0.5, 0.6) is 0 Å². The Morgan fingerprint density at radius 1 is 0.593 bits per heavy atom. The predicted octanol–water partition coefficient (Wildman–Crippen LogP) is 14.8. The molecule has 2 nitrogen and oxygen atoms in total. The molecular weight excluding hydrogens is 713 g/mol. The van der Waals surface area contributed by atoms with Crippen molar-refractivity contribution in [1.82, 2.24) is 0 Å². The summed E-state index contributed by atoms with van der Waals surface area (Å²) in [6, 6.07) is 50.1. The molecule has 1 heterocycles. The van der Waals surface area contributed by atoms with Gasteiger partial charge in [0.05, 0.1) is 11.5 Å². The Morgan fingerprint density at radius 3 is 1.93 bits per heavy atom. The number of aryl methyl sites for hydroxylation is 2. The molecule has 2 atom stereocenters. The van der Waals surface area contributed by atoms with Crippen molar-refractivity contribution in [3.8, 4) is 22.3 Å². The van der Waals surface area contributed by atoms with Crippen LogP contribution < -0.4 is 9.80 Å². The fraction of sp³-hybridized carbons (Fsp3) is 0.228. The third-order valence-electron chi connectivity index (χ3n) is 13.8. The van der Waals surface area contributed by atoms with Crippen molar-refractivity contribution in [3.05, 3.63) is 215 Å². The first-order valence-corrected chi connectivity index (χ1v) is 22.2. The molecule has 1 aliphatic heterocycles. The van der Waals surface area contributed by atoms with Gasteiger partial charge in [0.25, 0.3) is 0 Å². The summed E-state index contributed by atoms with van der Waals surface area (Å²) in [6.07, 6.45) is 25.0. The number of allylic oxidation sites excluding steroid dienone is 6. The van der Waals surface area contributed by atoms with Gasteiger partial charge in [-0.05, 0) is 148 Å². The van der Waals surface area contributed by atoms with E-state index in [2.05, 4.69) is 194 Å². The fourth-order valence-electron chi connectivity index (χ4n) is 11.1. The Hall–Kier alpha value is -6.12. The quantitative estimate of drug-likeness (QED) is 0.137. The summed E-state index contributed by atoms with van der Waals surface area (Å²) in [6.45, 7) is 4.60. The maximum Gasteiger partial charge on any atom is 0.0726 e. The molecule has 2 unspecified atom stereocenters. The molecule has 0 saturated heterocycles. The summed E-state index contributed by atoms with van der Waals surface area (Å²) in [7, 11) is 0. The summed E-state index contributed by atoms with van der Waals surface area (Å²) < 4.78 is 0. The van der Waals surface area contributed by atoms with E-state index >= 15 is 0 Å². The van der Waals surface area contributed by atoms with Gasteiger partial charge in [-0.3, -0.25) is 0 Å². The van der Waals surface area contributed by atoms with Crippen LogP contribution >= 0.6 is 0 Å². The lowest BCUT2D eigenvalue weighted by atomic mass is 9.70. The second-order valence-electron chi connectivity index (χ2n) is 17.2. The largest absolute Gasteiger partial charge is 0.333 e. The third kappa shape index (κ3) is 5.60. The number of anilines is 4. The molecule has 0 bridgehead atoms. The van der Waals surface area contributed by atoms with E-state index in [1.807, 2.05) is 0 Å². The topological polar surface area (TPSA) is 6.48 Å². The third-order valence-corrected chi connectivity index (χ3v) is 13.8. The Balaban J connectivity index is 1.08. The van der Waals surface area contributed by atoms with Gasteiger partial charge in [0.15, 0.2) is 0 Å². The van der Waals surface area contributed by atoms with Gasteiger partial charge in [0.1, 0.15) is 0 Å². The zero-order chi connectivity index (χ0) is 39.5. The summed E-state index contributed by atoms with van der Waals surface area (Å²) in [5.41, 5.74) is 21.4. The Morgan fingerprint density at radius 2 is 1.22 bits per heavy atom. The molecule has 2 heteroatoms. The molecule has 1 spiro atoms. The van der Waals surface area contributed by atoms with E-state index in [9.17, 15) is 0 Å². The minimum Gasteiger partial charge on any atom is -0.333 e. The number of hydrogen-bond acceptors (Lipinski definition) is 2. The first-order chi connectivity index (χ1) is 29.2. The van der Waals surface area contributed by atoms with Crippen molar-refractivity contribution in [3.63, 3.8) is 0 Å². The lowest BCUT2D eigenvalue weighted by molar-refractivity contribution is 0.745. The summed E-state index contributed by atoms with van der Waals surface area (Å²) in [4.78, 5) is 5.08. The first kappa shape index (κ1) is 36.0. The highest BCUT2D eigenvalue weighted by Crippen LogP contribution is 2.63. The molecule has 0 saturated carbocycles. The van der Waals surface area contributed by atoms with E-state index in [0.29, 0.717) is 5.92 Å². The molecule has 4 aliphatic carbocycles. The van der Waals surface area contributed by atoms with E-state index in [0.717, 1.165) is 25.7 Å². The molecule has 6 aromatic rings. The van der Waals surface area contributed by atoms with E-state index in [1.54, 1.807) is 0 Å². The van der Waals surface area contributed by atoms with E-state index in [4.69, 9.17) is 0 Å². The van der Waals surface area contributed by atoms with Crippen LogP contribution in [0.2, 0.25) is 0 Å². The minimum atomic E-state index is -0.394. The van der Waals surface area contributed by atoms with E-state index in [-0.39, 0.29) is 6.04 Å². The van der Waals surface area contributed by atoms with Crippen molar-refractivity contribution in [1.29, 1.82) is 0 Å². The van der Waals surface area contributed by atoms with Crippen LogP contribution in [-0.2, 0) is 18.3 Å². The zero-order valence-corrected chi connectivity index (χ0v) is 34.4. The van der Waals surface area contributed by atoms with E-state index in [1.165, 1.54) is 115 Å². The van der Waals surface area contributed by atoms with Crippen LogP contribution in [0, 0.1) is 0 Å². The highest BCUT2D eigenvalue weighted by atomic mass is 15.2. The number of para-hydroxylation sites is 1. The second kappa shape index (κ2) is 14.6. The summed E-state index contributed by atoms with van der Waals surface area (Å²) in [5, 5.41) is 0. The van der Waals surface area contributed by atoms with Crippen LogP contribution in [0.4, 0.5) is 22.7 Å². The number of fused-ring (bicyclic) bond motifs is 13. The minimum absolute atomic E-state index is 0.280. The number of rotatable bonds is 10. The fourth-order valence-corrected chi connectivity index (χ4v) is 11.1. The molecule has 0 N–H and O–H groups in total. The summed E-state index contributed by atoms with van der Waals surface area (Å²) >= 11 is 0. The standard InChI is InChI=1S/C57H52N2/c1-3-5-16-39-26-33-46-47-34-27-40(17-6-4-2)37-53(47)57(52(46)36-39)51-23-13-10-20-45(51)48-35-32-44(38-54(48)57)58(41-18-8-7-9-19-41)42-28-30-43(31-29-42)59-55-24-14-11-21-49(55)50-22-12-15-25-56(50)59/h7-8,10-15,18,20-38,49,55H,3-6,9,16-17,19H2,1-2H3. The average molecular weight is 765 g/mol. The summed E-state index contributed by atoms with van der Waals surface area (Å²) in [5.74, 6) is 0.366. The molecule has 0 fully saturated rings. The molecule has 0 radical (unpaired) electrons. The first-order valence-electron chi connectivity index (χ1n) is 22.2. The second-order valence-corrected chi connectivity index (χ2v) is 17.2. The van der Waals surface area contributed by atoms with Gasteiger partial charge in [-0.25, -0.2) is 0 Å². The van der Waals surface area contributed by atoms with Crippen molar-refractivity contribution < 1.29 is 0 Å². The van der Waals surface area contributed by atoms with Crippen LogP contribution in [0.25, 0.3) is 22.3 Å². The highest BCUT2D eigenvalue weighted by molar-refractivity contribution is 5.96. The van der Waals surface area contributed by atoms with Gasteiger partial charge >= 0.3 is 0 Å². The molecular formula is C57H52N2. The number of unbranched alkanes of at least 4 members (excludes halogenated alkanes) is 2. The van der Waals surface area contributed by atoms with Crippen LogP contribution in [-0.4, -0.2) is 6.04 Å². The van der Waals surface area contributed by atoms with Crippen molar-refractivity contribution in [2.75, 3.05) is 9.80 Å². The number of nitrogens with zero attached hydrogens (tertiary/aromatic N) is 2. The van der Waals surface area contributed by atoms with Crippen LogP contribution in [0.3, 0.4) is 0 Å². The molecule has 6 aromatic carbocycles. The molecule has 11 rings (SSSR count). The van der Waals surface area contributed by atoms with Gasteiger partial charge in [-0.15, -0.1) is 0 Å². The molecule has 290 valence electrons. The van der Waals surface area contributed by atoms with Crippen LogP contribution in [0.15, 0.2) is 176 Å². The van der Waals surface area contributed by atoms with Gasteiger partial charge in [-0.1, -0.05) is 148 Å². The normalized spacial score (nSPS) is 18.3. The Labute approximate surface area is 350 Å². The molecule has 0 aromatic heterocycles. The van der Waals surface area contributed by atoms with Crippen molar-refractivity contribution in [2.45, 2.75) is 82.6 Å². The lowest BCUT2D eigenvalue weighted by Crippen LogP contribution is -2.28. The highest BCUT2D eigenvalue weighted by Gasteiger charge is 2.52. The lowest BCUT2D eigenvalue weighted by Gasteiger charge is -2.34. The smallest absolute Gasteiger partial charge is 0.0726 e. The van der Waals surface area contributed by atoms with Gasteiger partial charge in [-0.2, -0.15) is 0 Å². The zero-order valence-electron chi connectivity index (χ0n) is 34.4. The number of hydrogen-bond donors (Lipinski definition) is 0. The molecule has 59 heavy (non-hydrogen) atoms. The maximum atomic E-state index is 2.58. The maximum absolute atomic E-state index is 2.58. The monoisotopic (exact) mass is 764 g/mol. The van der Waals surface area contributed by atoms with E-state index < -0.39 is 5.41 Å². The predicted molar refractivity (Wildman–Crippen MR) is 248 cm³/mol. The Bertz CT molecular complexity index is 2670. The molecule has 5 aliphatic rings. The van der Waals surface area contributed by atoms with Crippen molar-refractivity contribution in [2.24, 2.45) is 0 Å². The number of benzene rings is 6. The van der Waals surface area contributed by atoms with Crippen LogP contribution in [0.1, 0.15) is 97.2 Å². The molecule has 0 amide bonds. The SMILES string of the molecule is CCCCc1ccc2c(c1)C1(c3ccccc3-c3ccc(N(C4=CC=CCC4)c4ccc(N5c6ccccc6C6C=CC=CC65)cc4)cc31)c1cc(CCCC)ccc1-2. The van der Waals surface area contributed by atoms with Gasteiger partial charge in [0, 0.05) is 34.4 Å². The Kier molecular flexibility index (Phi) is 8.91. The average Bonchev–Trinajstić information content (AvgIpc) is 3.89. The van der Waals surface area contributed by atoms with Gasteiger partial charge in [0.2, 0.25) is 0 Å². The van der Waals surface area contributed by atoms with Crippen molar-refractivity contribution >= 4 is 22.7 Å².